The molecule has 2 heterocycles. The fourth-order valence-corrected chi connectivity index (χ4v) is 2.38. The molecule has 0 unspecified atom stereocenters. The normalized spacial score (nSPS) is 12.5. The smallest absolute Gasteiger partial charge is 0.145 e. The summed E-state index contributed by atoms with van der Waals surface area (Å²) in [5.41, 5.74) is 4.08. The number of H-pyrrole nitrogens is 1. The molecule has 1 N–H and O–H groups in total. The van der Waals surface area contributed by atoms with Gasteiger partial charge in [0.05, 0.1) is 19.0 Å². The van der Waals surface area contributed by atoms with Gasteiger partial charge in [-0.05, 0) is 17.0 Å². The van der Waals surface area contributed by atoms with Crippen LogP contribution in [0.2, 0.25) is 0 Å². The van der Waals surface area contributed by atoms with Crippen molar-refractivity contribution in [3.8, 4) is 17.0 Å². The first-order chi connectivity index (χ1) is 9.64. The lowest BCUT2D eigenvalue weighted by Crippen LogP contribution is -2.24. The van der Waals surface area contributed by atoms with Crippen molar-refractivity contribution in [2.45, 2.75) is 52.4 Å². The zero-order valence-electron chi connectivity index (χ0n) is 14.0. The van der Waals surface area contributed by atoms with Crippen molar-refractivity contribution in [1.29, 1.82) is 0 Å². The van der Waals surface area contributed by atoms with E-state index in [0.29, 0.717) is 0 Å². The predicted octanol–water partition coefficient (Wildman–Crippen LogP) is 4.08. The molecule has 2 rings (SSSR count). The molecule has 0 fully saturated rings. The third-order valence-electron chi connectivity index (χ3n) is 3.50. The summed E-state index contributed by atoms with van der Waals surface area (Å²) in [5.74, 6) is 0.786. The van der Waals surface area contributed by atoms with Gasteiger partial charge in [0.2, 0.25) is 0 Å². The molecule has 0 aliphatic carbocycles. The van der Waals surface area contributed by atoms with Gasteiger partial charge in [-0.1, -0.05) is 41.5 Å². The second kappa shape index (κ2) is 5.17. The molecule has 0 aromatic carbocycles. The summed E-state index contributed by atoms with van der Waals surface area (Å²) < 4.78 is 5.57. The number of aromatic nitrogens is 3. The molecule has 0 saturated heterocycles. The van der Waals surface area contributed by atoms with Gasteiger partial charge in [0, 0.05) is 17.2 Å². The number of nitrogens with zero attached hydrogens (tertiary/aromatic N) is 2. The predicted molar refractivity (Wildman–Crippen MR) is 85.8 cm³/mol. The lowest BCUT2D eigenvalue weighted by atomic mass is 9.78. The molecule has 0 aliphatic heterocycles. The first kappa shape index (κ1) is 15.5. The highest BCUT2D eigenvalue weighted by Crippen LogP contribution is 2.38. The van der Waals surface area contributed by atoms with Crippen molar-refractivity contribution >= 4 is 0 Å². The molecule has 0 atom stereocenters. The van der Waals surface area contributed by atoms with Gasteiger partial charge >= 0.3 is 0 Å². The van der Waals surface area contributed by atoms with Crippen LogP contribution in [0.1, 0.15) is 52.8 Å². The number of aromatic amines is 1. The lowest BCUT2D eigenvalue weighted by Gasteiger charge is -2.30. The summed E-state index contributed by atoms with van der Waals surface area (Å²) in [5, 5.41) is 6.85. The second-order valence-electron chi connectivity index (χ2n) is 7.42. The van der Waals surface area contributed by atoms with Gasteiger partial charge in [0.1, 0.15) is 11.4 Å². The van der Waals surface area contributed by atoms with Gasteiger partial charge in [-0.2, -0.15) is 5.10 Å². The number of hydrogen-bond acceptors (Lipinski definition) is 3. The molecular weight excluding hydrogens is 262 g/mol. The number of ether oxygens (including phenoxy) is 1. The van der Waals surface area contributed by atoms with Crippen LogP contribution < -0.4 is 4.74 Å². The van der Waals surface area contributed by atoms with Crippen molar-refractivity contribution < 1.29 is 4.74 Å². The van der Waals surface area contributed by atoms with Gasteiger partial charge in [-0.3, -0.25) is 5.10 Å². The summed E-state index contributed by atoms with van der Waals surface area (Å²) in [4.78, 5) is 4.94. The minimum atomic E-state index is -0.0344. The van der Waals surface area contributed by atoms with E-state index in [4.69, 9.17) is 9.72 Å². The third-order valence-corrected chi connectivity index (χ3v) is 3.50. The van der Waals surface area contributed by atoms with Crippen LogP contribution in [0, 0.1) is 0 Å². The van der Waals surface area contributed by atoms with Crippen molar-refractivity contribution in [2.75, 3.05) is 7.11 Å². The van der Waals surface area contributed by atoms with Gasteiger partial charge < -0.3 is 4.74 Å². The van der Waals surface area contributed by atoms with Crippen LogP contribution >= 0.6 is 0 Å². The largest absolute Gasteiger partial charge is 0.494 e. The molecule has 0 aliphatic rings. The van der Waals surface area contributed by atoms with E-state index in [1.165, 1.54) is 5.56 Å². The summed E-state index contributed by atoms with van der Waals surface area (Å²) in [6.45, 7) is 13.2. The molecule has 0 saturated carbocycles. The Morgan fingerprint density at radius 2 is 1.71 bits per heavy atom. The Morgan fingerprint density at radius 3 is 2.14 bits per heavy atom. The van der Waals surface area contributed by atoms with Crippen LogP contribution in [0.4, 0.5) is 0 Å². The van der Waals surface area contributed by atoms with Crippen LogP contribution in [0.3, 0.4) is 0 Å². The summed E-state index contributed by atoms with van der Waals surface area (Å²) in [6, 6.07) is 2.12. The van der Waals surface area contributed by atoms with E-state index >= 15 is 0 Å². The highest BCUT2D eigenvalue weighted by molar-refractivity contribution is 5.66. The van der Waals surface area contributed by atoms with E-state index in [1.807, 2.05) is 6.20 Å². The summed E-state index contributed by atoms with van der Waals surface area (Å²) in [7, 11) is 1.68. The summed E-state index contributed by atoms with van der Waals surface area (Å²) in [6.07, 6.45) is 3.61. The van der Waals surface area contributed by atoms with E-state index in [2.05, 4.69) is 57.8 Å². The number of pyridine rings is 1. The van der Waals surface area contributed by atoms with Crippen LogP contribution in [-0.4, -0.2) is 22.3 Å². The molecular formula is C17H25N3O. The van der Waals surface area contributed by atoms with E-state index in [1.54, 1.807) is 13.3 Å². The topological polar surface area (TPSA) is 50.8 Å². The SMILES string of the molecule is COc1cc(C(C)(C)C)c(C(C)(C)C)nc1-c1cn[nH]c1. The van der Waals surface area contributed by atoms with Crippen LogP contribution in [0.15, 0.2) is 18.5 Å². The molecule has 0 bridgehead atoms. The molecule has 2 aromatic heterocycles. The maximum Gasteiger partial charge on any atom is 0.145 e. The van der Waals surface area contributed by atoms with Crippen LogP contribution in [-0.2, 0) is 10.8 Å². The molecule has 0 amide bonds. The average molecular weight is 287 g/mol. The van der Waals surface area contributed by atoms with Crippen molar-refractivity contribution in [2.24, 2.45) is 0 Å². The molecule has 114 valence electrons. The molecule has 21 heavy (non-hydrogen) atoms. The van der Waals surface area contributed by atoms with E-state index in [0.717, 1.165) is 22.7 Å². The van der Waals surface area contributed by atoms with Gasteiger partial charge in [-0.15, -0.1) is 0 Å². The first-order valence-electron chi connectivity index (χ1n) is 7.23. The fraction of sp³-hybridized carbons (Fsp3) is 0.529. The maximum absolute atomic E-state index is 5.57. The van der Waals surface area contributed by atoms with E-state index in [-0.39, 0.29) is 10.8 Å². The minimum Gasteiger partial charge on any atom is -0.494 e. The third kappa shape index (κ3) is 3.09. The molecule has 4 nitrogen and oxygen atoms in total. The Kier molecular flexibility index (Phi) is 3.83. The van der Waals surface area contributed by atoms with E-state index in [9.17, 15) is 0 Å². The monoisotopic (exact) mass is 287 g/mol. The maximum atomic E-state index is 5.57. The van der Waals surface area contributed by atoms with Gasteiger partial charge in [-0.25, -0.2) is 4.98 Å². The number of nitrogens with one attached hydrogen (secondary N) is 1. The Bertz CT molecular complexity index is 617. The standard InChI is InChI=1S/C17H25N3O/c1-16(2,3)12-8-13(21-7)14(11-9-18-19-10-11)20-15(12)17(4,5)6/h8-10H,1-7H3,(H,18,19). The summed E-state index contributed by atoms with van der Waals surface area (Å²) >= 11 is 0. The van der Waals surface area contributed by atoms with Crippen LogP contribution in [0.25, 0.3) is 11.3 Å². The number of rotatable bonds is 2. The lowest BCUT2D eigenvalue weighted by molar-refractivity contribution is 0.409. The Labute approximate surface area is 127 Å². The molecule has 4 heteroatoms. The molecule has 0 spiro atoms. The molecule has 0 radical (unpaired) electrons. The van der Waals surface area contributed by atoms with Crippen LogP contribution in [0.5, 0.6) is 5.75 Å². The average Bonchev–Trinajstić information content (AvgIpc) is 2.88. The Morgan fingerprint density at radius 1 is 1.05 bits per heavy atom. The van der Waals surface area contributed by atoms with Gasteiger partial charge in [0.25, 0.3) is 0 Å². The second-order valence-corrected chi connectivity index (χ2v) is 7.42. The molecule has 2 aromatic rings. The Hall–Kier alpha value is -1.84. The minimum absolute atomic E-state index is 0.0117. The van der Waals surface area contributed by atoms with Gasteiger partial charge in [0.15, 0.2) is 0 Å². The number of hydrogen-bond donors (Lipinski definition) is 1. The highest BCUT2D eigenvalue weighted by Gasteiger charge is 2.29. The number of methoxy groups -OCH3 is 1. The van der Waals surface area contributed by atoms with Crippen molar-refractivity contribution in [1.82, 2.24) is 15.2 Å². The van der Waals surface area contributed by atoms with E-state index < -0.39 is 0 Å². The zero-order chi connectivity index (χ0) is 15.8. The fourth-order valence-electron chi connectivity index (χ4n) is 2.38. The highest BCUT2D eigenvalue weighted by atomic mass is 16.5. The van der Waals surface area contributed by atoms with Crippen molar-refractivity contribution in [3.05, 3.63) is 29.7 Å². The van der Waals surface area contributed by atoms with Crippen molar-refractivity contribution in [3.63, 3.8) is 0 Å². The Balaban J connectivity index is 2.76. The quantitative estimate of drug-likeness (QED) is 0.905. The first-order valence-corrected chi connectivity index (χ1v) is 7.23. The zero-order valence-corrected chi connectivity index (χ0v) is 14.0.